The average molecular weight is 449 g/mol. The van der Waals surface area contributed by atoms with Gasteiger partial charge >= 0.3 is 6.03 Å². The Morgan fingerprint density at radius 2 is 1.76 bits per heavy atom. The molecule has 0 saturated carbocycles. The summed E-state index contributed by atoms with van der Waals surface area (Å²) < 4.78 is 5.96. The van der Waals surface area contributed by atoms with E-state index in [1.54, 1.807) is 0 Å². The monoisotopic (exact) mass is 448 g/mol. The van der Waals surface area contributed by atoms with Crippen LogP contribution in [0.2, 0.25) is 0 Å². The second-order valence-electron chi connectivity index (χ2n) is 8.31. The van der Waals surface area contributed by atoms with Crippen LogP contribution in [-0.2, 0) is 9.53 Å². The highest BCUT2D eigenvalue weighted by molar-refractivity contribution is 8.76. The Morgan fingerprint density at radius 3 is 2.34 bits per heavy atom. The number of rotatable bonds is 12. The van der Waals surface area contributed by atoms with Crippen LogP contribution in [0.5, 0.6) is 0 Å². The summed E-state index contributed by atoms with van der Waals surface area (Å²) in [6.45, 7) is 12.8. The van der Waals surface area contributed by atoms with Crippen LogP contribution < -0.4 is 10.6 Å². The molecule has 1 saturated heterocycles. The van der Waals surface area contributed by atoms with Gasteiger partial charge in [-0.05, 0) is 33.2 Å². The zero-order valence-corrected chi connectivity index (χ0v) is 20.4. The van der Waals surface area contributed by atoms with Crippen molar-refractivity contribution in [3.63, 3.8) is 0 Å². The number of carbonyl (C=O) groups is 2. The van der Waals surface area contributed by atoms with E-state index >= 15 is 0 Å². The second-order valence-corrected chi connectivity index (χ2v) is 11.0. The normalized spacial score (nSPS) is 15.3. The molecule has 0 spiro atoms. The summed E-state index contributed by atoms with van der Waals surface area (Å²) in [6.07, 6.45) is 1.32. The van der Waals surface area contributed by atoms with Crippen molar-refractivity contribution >= 4 is 33.5 Å². The third kappa shape index (κ3) is 12.0. The lowest BCUT2D eigenvalue weighted by Gasteiger charge is -2.30. The largest absolute Gasteiger partial charge is 0.375 e. The molecule has 1 aliphatic rings. The number of urea groups is 1. The molecule has 170 valence electrons. The molecule has 0 aromatic heterocycles. The molecule has 1 heterocycles. The van der Waals surface area contributed by atoms with E-state index in [9.17, 15) is 9.59 Å². The van der Waals surface area contributed by atoms with Crippen LogP contribution in [0.4, 0.5) is 4.79 Å². The van der Waals surface area contributed by atoms with Crippen LogP contribution in [0.1, 0.15) is 40.5 Å². The van der Waals surface area contributed by atoms with Crippen molar-refractivity contribution in [2.24, 2.45) is 5.92 Å². The van der Waals surface area contributed by atoms with E-state index in [1.165, 1.54) is 0 Å². The molecule has 29 heavy (non-hydrogen) atoms. The molecule has 7 nitrogen and oxygen atoms in total. The molecule has 0 radical (unpaired) electrons. The number of hydrogen-bond acceptors (Lipinski definition) is 6. The first kappa shape index (κ1) is 26.4. The second kappa shape index (κ2) is 14.4. The summed E-state index contributed by atoms with van der Waals surface area (Å²) in [5.74, 6) is 2.55. The van der Waals surface area contributed by atoms with Crippen molar-refractivity contribution in [1.82, 2.24) is 20.4 Å². The molecule has 0 aromatic rings. The Morgan fingerprint density at radius 1 is 1.14 bits per heavy atom. The maximum atomic E-state index is 12.9. The Bertz CT molecular complexity index is 484. The van der Waals surface area contributed by atoms with E-state index in [1.807, 2.05) is 52.3 Å². The highest BCUT2D eigenvalue weighted by Crippen LogP contribution is 2.23. The van der Waals surface area contributed by atoms with Gasteiger partial charge in [-0.2, -0.15) is 0 Å². The number of hydrogen-bond donors (Lipinski definition) is 2. The van der Waals surface area contributed by atoms with E-state index in [4.69, 9.17) is 4.74 Å². The first-order valence-electron chi connectivity index (χ1n) is 10.6. The minimum Gasteiger partial charge on any atom is -0.375 e. The fourth-order valence-electron chi connectivity index (χ4n) is 2.84. The number of likely N-dealkylation sites (N-methyl/N-ethyl adjacent to an activating group) is 1. The van der Waals surface area contributed by atoms with Gasteiger partial charge in [-0.25, -0.2) is 4.79 Å². The maximum absolute atomic E-state index is 12.9. The lowest BCUT2D eigenvalue weighted by molar-refractivity contribution is -0.137. The van der Waals surface area contributed by atoms with Gasteiger partial charge in [0, 0.05) is 57.4 Å². The van der Waals surface area contributed by atoms with Crippen molar-refractivity contribution in [2.45, 2.75) is 46.1 Å². The Labute approximate surface area is 184 Å². The van der Waals surface area contributed by atoms with Crippen molar-refractivity contribution < 1.29 is 14.3 Å². The molecule has 1 aliphatic heterocycles. The van der Waals surface area contributed by atoms with Crippen molar-refractivity contribution in [3.8, 4) is 0 Å². The third-order valence-electron chi connectivity index (χ3n) is 4.67. The molecular weight excluding hydrogens is 408 g/mol. The van der Waals surface area contributed by atoms with E-state index in [2.05, 4.69) is 24.5 Å². The number of amides is 3. The fraction of sp³-hybridized carbons (Fsp3) is 0.900. The Balaban J connectivity index is 2.48. The zero-order chi connectivity index (χ0) is 21.7. The first-order valence-corrected chi connectivity index (χ1v) is 13.1. The molecule has 9 heteroatoms. The molecule has 0 aliphatic carbocycles. The predicted molar refractivity (Wildman–Crippen MR) is 124 cm³/mol. The average Bonchev–Trinajstić information content (AvgIpc) is 2.92. The topological polar surface area (TPSA) is 73.9 Å². The lowest BCUT2D eigenvalue weighted by Crippen LogP contribution is -2.47. The van der Waals surface area contributed by atoms with Gasteiger partial charge in [0.05, 0.1) is 12.0 Å². The summed E-state index contributed by atoms with van der Waals surface area (Å²) in [7, 11) is 5.50. The molecule has 0 bridgehead atoms. The molecule has 0 atom stereocenters. The van der Waals surface area contributed by atoms with Crippen molar-refractivity contribution in [1.29, 1.82) is 0 Å². The van der Waals surface area contributed by atoms with Gasteiger partial charge in [0.2, 0.25) is 5.91 Å². The van der Waals surface area contributed by atoms with Crippen LogP contribution in [-0.4, -0.2) is 91.8 Å². The summed E-state index contributed by atoms with van der Waals surface area (Å²) >= 11 is 0. The van der Waals surface area contributed by atoms with Gasteiger partial charge in [0.1, 0.15) is 0 Å². The highest BCUT2D eigenvalue weighted by Gasteiger charge is 2.26. The molecule has 1 fully saturated rings. The van der Waals surface area contributed by atoms with Crippen LogP contribution in [0.15, 0.2) is 0 Å². The molecule has 3 amide bonds. The molecular formula is C20H40N4O3S2. The van der Waals surface area contributed by atoms with Gasteiger partial charge in [0.25, 0.3) is 0 Å². The molecule has 0 aromatic carbocycles. The Kier molecular flexibility index (Phi) is 13.1. The minimum absolute atomic E-state index is 0.0357. The van der Waals surface area contributed by atoms with Crippen molar-refractivity contribution in [2.75, 3.05) is 64.4 Å². The van der Waals surface area contributed by atoms with Crippen LogP contribution in [0, 0.1) is 5.92 Å². The van der Waals surface area contributed by atoms with Gasteiger partial charge in [-0.3, -0.25) is 4.79 Å². The minimum atomic E-state index is -0.492. The molecule has 1 rings (SSSR count). The van der Waals surface area contributed by atoms with Crippen LogP contribution >= 0.6 is 21.6 Å². The van der Waals surface area contributed by atoms with E-state index in [0.29, 0.717) is 38.6 Å². The Hall–Kier alpha value is -0.640. The number of nitrogens with zero attached hydrogens (tertiary/aromatic N) is 2. The summed E-state index contributed by atoms with van der Waals surface area (Å²) in [5.41, 5.74) is -0.492. The van der Waals surface area contributed by atoms with E-state index in [-0.39, 0.29) is 11.9 Å². The standard InChI is InChI=1S/C20H40N4O3S2/c1-17(2)6-13-27-20(3,4)16-18(25)23(9-7-21-5)10-8-22-19(26)24-11-14-28-29-15-12-24/h17,21H,6-16H2,1-5H3,(H,22,26). The van der Waals surface area contributed by atoms with Gasteiger partial charge in [0.15, 0.2) is 0 Å². The van der Waals surface area contributed by atoms with Gasteiger partial charge in [-0.15, -0.1) is 0 Å². The molecule has 0 unspecified atom stereocenters. The highest BCUT2D eigenvalue weighted by atomic mass is 33.1. The van der Waals surface area contributed by atoms with E-state index in [0.717, 1.165) is 37.6 Å². The predicted octanol–water partition coefficient (Wildman–Crippen LogP) is 2.67. The number of nitrogens with one attached hydrogen (secondary N) is 2. The van der Waals surface area contributed by atoms with Crippen LogP contribution in [0.25, 0.3) is 0 Å². The van der Waals surface area contributed by atoms with E-state index < -0.39 is 5.60 Å². The summed E-state index contributed by atoms with van der Waals surface area (Å²) in [4.78, 5) is 28.9. The quantitative estimate of drug-likeness (QED) is 0.447. The summed E-state index contributed by atoms with van der Waals surface area (Å²) in [6, 6.07) is -0.0357. The van der Waals surface area contributed by atoms with Gasteiger partial charge in [-0.1, -0.05) is 35.4 Å². The fourth-order valence-corrected chi connectivity index (χ4v) is 4.82. The summed E-state index contributed by atoms with van der Waals surface area (Å²) in [5, 5.41) is 6.07. The first-order chi connectivity index (χ1) is 13.7. The maximum Gasteiger partial charge on any atom is 0.317 e. The molecule has 2 N–H and O–H groups in total. The van der Waals surface area contributed by atoms with Crippen LogP contribution in [0.3, 0.4) is 0 Å². The van der Waals surface area contributed by atoms with Gasteiger partial charge < -0.3 is 25.2 Å². The van der Waals surface area contributed by atoms with Crippen molar-refractivity contribution in [3.05, 3.63) is 0 Å². The lowest BCUT2D eigenvalue weighted by atomic mass is 10.0. The third-order valence-corrected chi connectivity index (χ3v) is 7.03. The SMILES string of the molecule is CNCCN(CCNC(=O)N1CCSSCC1)C(=O)CC(C)(C)OCCC(C)C. The zero-order valence-electron chi connectivity index (χ0n) is 18.8. The number of ether oxygens (including phenoxy) is 1. The number of carbonyl (C=O) groups excluding carboxylic acids is 2. The smallest absolute Gasteiger partial charge is 0.317 e.